The van der Waals surface area contributed by atoms with E-state index >= 15 is 0 Å². The lowest BCUT2D eigenvalue weighted by Gasteiger charge is -2.16. The summed E-state index contributed by atoms with van der Waals surface area (Å²) in [6, 6.07) is 3.90. The van der Waals surface area contributed by atoms with E-state index in [1.165, 1.54) is 34.8 Å². The van der Waals surface area contributed by atoms with Gasteiger partial charge in [0.05, 0.1) is 28.5 Å². The molecule has 0 saturated carbocycles. The van der Waals surface area contributed by atoms with Gasteiger partial charge in [-0.3, -0.25) is 0 Å². The van der Waals surface area contributed by atoms with E-state index in [4.69, 9.17) is 11.6 Å². The maximum absolute atomic E-state index is 13.0. The molecule has 0 atom stereocenters. The number of thiazole rings is 1. The summed E-state index contributed by atoms with van der Waals surface area (Å²) >= 11 is 7.05. The molecule has 1 heterocycles. The zero-order chi connectivity index (χ0) is 14.8. The first-order valence-electron chi connectivity index (χ1n) is 5.63. The van der Waals surface area contributed by atoms with Crippen molar-refractivity contribution >= 4 is 33.0 Å². The van der Waals surface area contributed by atoms with Crippen molar-refractivity contribution in [1.82, 2.24) is 9.29 Å². The van der Waals surface area contributed by atoms with Gasteiger partial charge in [0, 0.05) is 12.4 Å². The molecule has 0 unspecified atom stereocenters. The molecule has 0 N–H and O–H groups in total. The summed E-state index contributed by atoms with van der Waals surface area (Å²) in [5.41, 5.74) is 2.79. The first-order chi connectivity index (χ1) is 9.38. The Morgan fingerprint density at radius 2 is 2.20 bits per heavy atom. The topological polar surface area (TPSA) is 50.3 Å². The van der Waals surface area contributed by atoms with E-state index in [0.29, 0.717) is 11.3 Å². The van der Waals surface area contributed by atoms with E-state index in [9.17, 15) is 12.8 Å². The fraction of sp³-hybridized carbons (Fsp3) is 0.250. The maximum Gasteiger partial charge on any atom is 0.218 e. The molecule has 0 aliphatic heterocycles. The molecule has 108 valence electrons. The van der Waals surface area contributed by atoms with Crippen LogP contribution >= 0.6 is 22.9 Å². The SMILES string of the molecule is CN(Cc1cscn1)S(=O)(=O)Cc1ccc(F)c(Cl)c1. The van der Waals surface area contributed by atoms with E-state index < -0.39 is 15.8 Å². The monoisotopic (exact) mass is 334 g/mol. The highest BCUT2D eigenvalue weighted by atomic mass is 35.5. The fourth-order valence-corrected chi connectivity index (χ4v) is 3.50. The van der Waals surface area contributed by atoms with Gasteiger partial charge in [-0.2, -0.15) is 4.31 Å². The molecule has 20 heavy (non-hydrogen) atoms. The van der Waals surface area contributed by atoms with Gasteiger partial charge >= 0.3 is 0 Å². The van der Waals surface area contributed by atoms with Gasteiger partial charge < -0.3 is 0 Å². The van der Waals surface area contributed by atoms with Crippen molar-refractivity contribution in [2.75, 3.05) is 7.05 Å². The molecule has 0 aliphatic carbocycles. The van der Waals surface area contributed by atoms with E-state index in [1.54, 1.807) is 10.9 Å². The van der Waals surface area contributed by atoms with Crippen LogP contribution in [0.15, 0.2) is 29.1 Å². The highest BCUT2D eigenvalue weighted by Gasteiger charge is 2.20. The molecule has 2 aromatic rings. The highest BCUT2D eigenvalue weighted by Crippen LogP contribution is 2.19. The molecule has 0 aliphatic rings. The number of halogens is 2. The van der Waals surface area contributed by atoms with Gasteiger partial charge in [0.25, 0.3) is 0 Å². The van der Waals surface area contributed by atoms with Crippen molar-refractivity contribution < 1.29 is 12.8 Å². The van der Waals surface area contributed by atoms with E-state index in [0.717, 1.165) is 6.07 Å². The molecule has 0 amide bonds. The zero-order valence-corrected chi connectivity index (χ0v) is 13.0. The third-order valence-corrected chi connectivity index (χ3v) is 5.38. The average molecular weight is 335 g/mol. The van der Waals surface area contributed by atoms with Crippen molar-refractivity contribution in [2.24, 2.45) is 0 Å². The summed E-state index contributed by atoms with van der Waals surface area (Å²) in [5, 5.41) is 1.71. The Morgan fingerprint density at radius 3 is 2.80 bits per heavy atom. The number of rotatable bonds is 5. The molecular formula is C12H12ClFN2O2S2. The van der Waals surface area contributed by atoms with Gasteiger partial charge in [0.1, 0.15) is 5.82 Å². The van der Waals surface area contributed by atoms with Crippen molar-refractivity contribution in [2.45, 2.75) is 12.3 Å². The summed E-state index contributed by atoms with van der Waals surface area (Å²) in [6.07, 6.45) is 0. The molecule has 0 spiro atoms. The molecule has 8 heteroatoms. The standard InChI is InChI=1S/C12H12ClFN2O2S2/c1-16(5-10-6-19-8-15-10)20(17,18)7-9-2-3-12(14)11(13)4-9/h2-4,6,8H,5,7H2,1H3. The van der Waals surface area contributed by atoms with Gasteiger partial charge in [-0.25, -0.2) is 17.8 Å². The lowest BCUT2D eigenvalue weighted by Crippen LogP contribution is -2.27. The minimum Gasteiger partial charge on any atom is -0.248 e. The number of benzene rings is 1. The summed E-state index contributed by atoms with van der Waals surface area (Å²) in [6.45, 7) is 0.209. The van der Waals surface area contributed by atoms with Crippen LogP contribution in [0.2, 0.25) is 5.02 Å². The Kier molecular flexibility index (Phi) is 4.74. The van der Waals surface area contributed by atoms with Gasteiger partial charge in [-0.05, 0) is 17.7 Å². The quantitative estimate of drug-likeness (QED) is 0.844. The van der Waals surface area contributed by atoms with Gasteiger partial charge in [-0.1, -0.05) is 17.7 Å². The van der Waals surface area contributed by atoms with Crippen LogP contribution in [0.3, 0.4) is 0 Å². The first-order valence-corrected chi connectivity index (χ1v) is 8.56. The van der Waals surface area contributed by atoms with E-state index in [2.05, 4.69) is 4.98 Å². The van der Waals surface area contributed by atoms with Crippen LogP contribution in [0.5, 0.6) is 0 Å². The minimum absolute atomic E-state index is 0.0835. The summed E-state index contributed by atoms with van der Waals surface area (Å²) in [4.78, 5) is 4.04. The summed E-state index contributed by atoms with van der Waals surface area (Å²) in [5.74, 6) is -0.795. The molecule has 0 fully saturated rings. The van der Waals surface area contributed by atoms with Crippen molar-refractivity contribution in [3.05, 3.63) is 51.2 Å². The second-order valence-electron chi connectivity index (χ2n) is 4.24. The molecular weight excluding hydrogens is 323 g/mol. The predicted octanol–water partition coefficient (Wildman–Crippen LogP) is 2.90. The van der Waals surface area contributed by atoms with Crippen LogP contribution in [0.25, 0.3) is 0 Å². The number of hydrogen-bond acceptors (Lipinski definition) is 4. The summed E-state index contributed by atoms with van der Waals surface area (Å²) in [7, 11) is -2.02. The Labute approximate surface area is 125 Å². The van der Waals surface area contributed by atoms with Crippen molar-refractivity contribution in [1.29, 1.82) is 0 Å². The minimum atomic E-state index is -3.50. The molecule has 1 aromatic carbocycles. The molecule has 1 aromatic heterocycles. The molecule has 0 radical (unpaired) electrons. The maximum atomic E-state index is 13.0. The van der Waals surface area contributed by atoms with Gasteiger partial charge in [-0.15, -0.1) is 11.3 Å². The second kappa shape index (κ2) is 6.17. The van der Waals surface area contributed by atoms with Crippen LogP contribution in [0.4, 0.5) is 4.39 Å². The Bertz CT molecular complexity index is 689. The molecule has 4 nitrogen and oxygen atoms in total. The molecule has 0 saturated heterocycles. The number of nitrogens with zero attached hydrogens (tertiary/aromatic N) is 2. The first kappa shape index (κ1) is 15.4. The predicted molar refractivity (Wildman–Crippen MR) is 77.6 cm³/mol. The third-order valence-electron chi connectivity index (χ3n) is 2.68. The zero-order valence-electron chi connectivity index (χ0n) is 10.6. The normalized spacial score (nSPS) is 12.0. The fourth-order valence-electron chi connectivity index (χ4n) is 1.59. The summed E-state index contributed by atoms with van der Waals surface area (Å²) < 4.78 is 38.6. The second-order valence-corrected chi connectivity index (χ2v) is 7.44. The average Bonchev–Trinajstić information content (AvgIpc) is 2.86. The smallest absolute Gasteiger partial charge is 0.218 e. The van der Waals surface area contributed by atoms with Gasteiger partial charge in [0.2, 0.25) is 10.0 Å². The van der Waals surface area contributed by atoms with Crippen LogP contribution in [0, 0.1) is 5.82 Å². The number of hydrogen-bond donors (Lipinski definition) is 0. The Morgan fingerprint density at radius 1 is 1.45 bits per heavy atom. The lowest BCUT2D eigenvalue weighted by atomic mass is 10.2. The van der Waals surface area contributed by atoms with Gasteiger partial charge in [0.15, 0.2) is 0 Å². The van der Waals surface area contributed by atoms with E-state index in [1.807, 2.05) is 0 Å². The highest BCUT2D eigenvalue weighted by molar-refractivity contribution is 7.88. The number of aromatic nitrogens is 1. The van der Waals surface area contributed by atoms with Crippen LogP contribution in [-0.2, 0) is 22.3 Å². The third kappa shape index (κ3) is 3.76. The van der Waals surface area contributed by atoms with E-state index in [-0.39, 0.29) is 17.3 Å². The van der Waals surface area contributed by atoms with Crippen LogP contribution in [-0.4, -0.2) is 24.8 Å². The largest absolute Gasteiger partial charge is 0.248 e. The van der Waals surface area contributed by atoms with Crippen molar-refractivity contribution in [3.63, 3.8) is 0 Å². The Balaban J connectivity index is 2.11. The van der Waals surface area contributed by atoms with Crippen LogP contribution in [0.1, 0.15) is 11.3 Å². The number of sulfonamides is 1. The van der Waals surface area contributed by atoms with Crippen LogP contribution < -0.4 is 0 Å². The molecule has 0 bridgehead atoms. The molecule has 2 rings (SSSR count). The Hall–Kier alpha value is -1.02. The lowest BCUT2D eigenvalue weighted by molar-refractivity contribution is 0.462. The van der Waals surface area contributed by atoms with Crippen molar-refractivity contribution in [3.8, 4) is 0 Å².